The number of carbonyl (C=O) groups excluding carboxylic acids is 1. The van der Waals surface area contributed by atoms with Gasteiger partial charge in [0.05, 0.1) is 0 Å². The molecule has 1 amide bonds. The molecule has 1 N–H and O–H groups in total. The van der Waals surface area contributed by atoms with Crippen LogP contribution in [0.4, 0.5) is 17.6 Å². The Balaban J connectivity index is 2.27. The van der Waals surface area contributed by atoms with Crippen molar-refractivity contribution in [2.75, 3.05) is 0 Å². The number of alkyl halides is 3. The molecule has 1 saturated heterocycles. The van der Waals surface area contributed by atoms with Gasteiger partial charge in [-0.1, -0.05) is 12.1 Å². The van der Waals surface area contributed by atoms with Crippen molar-refractivity contribution in [3.05, 3.63) is 35.6 Å². The van der Waals surface area contributed by atoms with Gasteiger partial charge in [0.2, 0.25) is 5.91 Å². The van der Waals surface area contributed by atoms with E-state index < -0.39 is 29.5 Å². The number of nitrogens with zero attached hydrogens (tertiary/aromatic N) is 1. The molecule has 0 unspecified atom stereocenters. The highest BCUT2D eigenvalue weighted by Gasteiger charge is 2.51. The molecule has 0 aromatic heterocycles. The summed E-state index contributed by atoms with van der Waals surface area (Å²) >= 11 is 0. The molecule has 1 atom stereocenters. The third-order valence-corrected chi connectivity index (χ3v) is 3.52. The van der Waals surface area contributed by atoms with Crippen molar-refractivity contribution in [1.29, 1.82) is 0 Å². The van der Waals surface area contributed by atoms with Crippen LogP contribution >= 0.6 is 0 Å². The SMILES string of the molecule is CC1(C)CC(=O)NN1[C@@H](Cc1ccc(F)cc1)C(F)(F)F. The van der Waals surface area contributed by atoms with Crippen LogP contribution in [0, 0.1) is 5.82 Å². The molecule has 0 radical (unpaired) electrons. The van der Waals surface area contributed by atoms with E-state index in [2.05, 4.69) is 5.43 Å². The molecule has 1 aromatic rings. The molecule has 1 aromatic carbocycles. The lowest BCUT2D eigenvalue weighted by molar-refractivity contribution is -0.200. The van der Waals surface area contributed by atoms with E-state index in [0.29, 0.717) is 5.56 Å². The van der Waals surface area contributed by atoms with Crippen LogP contribution in [-0.4, -0.2) is 28.7 Å². The topological polar surface area (TPSA) is 32.3 Å². The lowest BCUT2D eigenvalue weighted by atomic mass is 9.97. The Kier molecular flexibility index (Phi) is 3.97. The molecule has 21 heavy (non-hydrogen) atoms. The normalized spacial score (nSPS) is 20.4. The van der Waals surface area contributed by atoms with E-state index >= 15 is 0 Å². The van der Waals surface area contributed by atoms with Crippen molar-refractivity contribution in [3.63, 3.8) is 0 Å². The van der Waals surface area contributed by atoms with Crippen LogP contribution in [-0.2, 0) is 11.2 Å². The Labute approximate surface area is 119 Å². The maximum atomic E-state index is 13.3. The molecule has 7 heteroatoms. The fourth-order valence-corrected chi connectivity index (χ4v) is 2.50. The van der Waals surface area contributed by atoms with Gasteiger partial charge in [-0.2, -0.15) is 13.2 Å². The number of hydrogen-bond acceptors (Lipinski definition) is 2. The first kappa shape index (κ1) is 15.8. The summed E-state index contributed by atoms with van der Waals surface area (Å²) in [7, 11) is 0. The Morgan fingerprint density at radius 2 is 1.86 bits per heavy atom. The summed E-state index contributed by atoms with van der Waals surface area (Å²) < 4.78 is 52.9. The van der Waals surface area contributed by atoms with E-state index in [0.717, 1.165) is 17.1 Å². The van der Waals surface area contributed by atoms with Gasteiger partial charge >= 0.3 is 6.18 Å². The summed E-state index contributed by atoms with van der Waals surface area (Å²) in [6.07, 6.45) is -4.86. The number of hydrazine groups is 1. The fraction of sp³-hybridized carbons (Fsp3) is 0.500. The third-order valence-electron chi connectivity index (χ3n) is 3.52. The standard InChI is InChI=1S/C14H16F4N2O/c1-13(2)8-12(21)19-20(13)11(14(16,17)18)7-9-3-5-10(15)6-4-9/h3-6,11H,7-8H2,1-2H3,(H,19,21)/t11-/m0/s1. The Hall–Kier alpha value is -1.63. The van der Waals surface area contributed by atoms with Crippen molar-refractivity contribution >= 4 is 5.91 Å². The van der Waals surface area contributed by atoms with Gasteiger partial charge in [0, 0.05) is 12.0 Å². The van der Waals surface area contributed by atoms with E-state index in [9.17, 15) is 22.4 Å². The monoisotopic (exact) mass is 304 g/mol. The maximum absolute atomic E-state index is 13.3. The van der Waals surface area contributed by atoms with E-state index in [4.69, 9.17) is 0 Å². The van der Waals surface area contributed by atoms with Crippen molar-refractivity contribution in [2.45, 2.75) is 44.4 Å². The van der Waals surface area contributed by atoms with Gasteiger partial charge < -0.3 is 0 Å². The second-order valence-electron chi connectivity index (χ2n) is 5.78. The highest BCUT2D eigenvalue weighted by molar-refractivity contribution is 5.78. The first-order valence-corrected chi connectivity index (χ1v) is 6.49. The number of rotatable bonds is 3. The largest absolute Gasteiger partial charge is 0.406 e. The smallest absolute Gasteiger partial charge is 0.288 e. The van der Waals surface area contributed by atoms with E-state index in [-0.39, 0.29) is 12.8 Å². The molecule has 1 fully saturated rings. The van der Waals surface area contributed by atoms with Gasteiger partial charge in [-0.05, 0) is 38.0 Å². The van der Waals surface area contributed by atoms with Crippen molar-refractivity contribution in [1.82, 2.24) is 10.4 Å². The molecular weight excluding hydrogens is 288 g/mol. The first-order chi connectivity index (χ1) is 9.59. The number of carbonyl (C=O) groups is 1. The van der Waals surface area contributed by atoms with Crippen LogP contribution in [0.5, 0.6) is 0 Å². The Bertz CT molecular complexity index is 525. The van der Waals surface area contributed by atoms with Crippen LogP contribution in [0.3, 0.4) is 0 Å². The summed E-state index contributed by atoms with van der Waals surface area (Å²) in [5, 5.41) is 0.957. The minimum Gasteiger partial charge on any atom is -0.288 e. The summed E-state index contributed by atoms with van der Waals surface area (Å²) in [6.45, 7) is 3.16. The molecule has 3 nitrogen and oxygen atoms in total. The van der Waals surface area contributed by atoms with E-state index in [1.54, 1.807) is 13.8 Å². The van der Waals surface area contributed by atoms with Crippen molar-refractivity contribution in [3.8, 4) is 0 Å². The molecule has 1 aliphatic heterocycles. The quantitative estimate of drug-likeness (QED) is 0.871. The lowest BCUT2D eigenvalue weighted by Crippen LogP contribution is -2.57. The molecular formula is C14H16F4N2O. The minimum absolute atomic E-state index is 0.00297. The average molecular weight is 304 g/mol. The highest BCUT2D eigenvalue weighted by atomic mass is 19.4. The zero-order chi connectivity index (χ0) is 15.8. The van der Waals surface area contributed by atoms with Crippen LogP contribution in [0.2, 0.25) is 0 Å². The van der Waals surface area contributed by atoms with Gasteiger partial charge in [0.25, 0.3) is 0 Å². The van der Waals surface area contributed by atoms with E-state index in [1.807, 2.05) is 0 Å². The molecule has 0 saturated carbocycles. The summed E-state index contributed by atoms with van der Waals surface area (Å²) in [5.74, 6) is -0.939. The van der Waals surface area contributed by atoms with Crippen LogP contribution in [0.25, 0.3) is 0 Å². The van der Waals surface area contributed by atoms with Gasteiger partial charge in [0.1, 0.15) is 11.9 Å². The number of amides is 1. The predicted molar refractivity (Wildman–Crippen MR) is 68.6 cm³/mol. The first-order valence-electron chi connectivity index (χ1n) is 6.49. The molecule has 116 valence electrons. The van der Waals surface area contributed by atoms with Crippen molar-refractivity contribution in [2.24, 2.45) is 0 Å². The van der Waals surface area contributed by atoms with Gasteiger partial charge in [0.15, 0.2) is 0 Å². The summed E-state index contributed by atoms with van der Waals surface area (Å²) in [5.41, 5.74) is 1.71. The molecule has 0 bridgehead atoms. The van der Waals surface area contributed by atoms with Gasteiger partial charge in [-0.25, -0.2) is 9.40 Å². The van der Waals surface area contributed by atoms with E-state index in [1.165, 1.54) is 12.1 Å². The molecule has 2 rings (SSSR count). The van der Waals surface area contributed by atoms with Crippen LogP contribution in [0.15, 0.2) is 24.3 Å². The van der Waals surface area contributed by atoms with Gasteiger partial charge in [-0.15, -0.1) is 0 Å². The zero-order valence-corrected chi connectivity index (χ0v) is 11.7. The lowest BCUT2D eigenvalue weighted by Gasteiger charge is -2.37. The Morgan fingerprint density at radius 3 is 2.29 bits per heavy atom. The summed E-state index contributed by atoms with van der Waals surface area (Å²) in [6, 6.07) is 3.02. The van der Waals surface area contributed by atoms with Crippen LogP contribution < -0.4 is 5.43 Å². The second-order valence-corrected chi connectivity index (χ2v) is 5.78. The summed E-state index contributed by atoms with van der Waals surface area (Å²) in [4.78, 5) is 11.4. The Morgan fingerprint density at radius 1 is 1.29 bits per heavy atom. The second kappa shape index (κ2) is 5.29. The zero-order valence-electron chi connectivity index (χ0n) is 11.7. The number of benzene rings is 1. The fourth-order valence-electron chi connectivity index (χ4n) is 2.50. The number of nitrogens with one attached hydrogen (secondary N) is 1. The third kappa shape index (κ3) is 3.53. The van der Waals surface area contributed by atoms with Gasteiger partial charge in [-0.3, -0.25) is 10.2 Å². The minimum atomic E-state index is -4.51. The van der Waals surface area contributed by atoms with Crippen molar-refractivity contribution < 1.29 is 22.4 Å². The average Bonchev–Trinajstić information content (AvgIpc) is 2.60. The molecule has 0 spiro atoms. The highest BCUT2D eigenvalue weighted by Crippen LogP contribution is 2.34. The van der Waals surface area contributed by atoms with Crippen LogP contribution in [0.1, 0.15) is 25.8 Å². The number of hydrogen-bond donors (Lipinski definition) is 1. The molecule has 0 aliphatic carbocycles. The number of halogens is 4. The predicted octanol–water partition coefficient (Wildman–Crippen LogP) is 2.81. The maximum Gasteiger partial charge on any atom is 0.406 e. The molecule has 1 aliphatic rings. The molecule has 1 heterocycles.